The molecule has 0 saturated heterocycles. The maximum Gasteiger partial charge on any atom is 0.288 e. The molecule has 7 heteroatoms. The zero-order chi connectivity index (χ0) is 17.1. The van der Waals surface area contributed by atoms with Crippen LogP contribution in [0, 0.1) is 13.8 Å². The Labute approximate surface area is 138 Å². The largest absolute Gasteiger partial charge is 0.288 e. The van der Waals surface area contributed by atoms with E-state index in [-0.39, 0.29) is 18.1 Å². The monoisotopic (exact) mass is 323 g/mol. The van der Waals surface area contributed by atoms with Gasteiger partial charge in [-0.05, 0) is 32.0 Å². The van der Waals surface area contributed by atoms with Crippen LogP contribution in [0.25, 0.3) is 10.9 Å². The number of fused-ring (bicyclic) bond motifs is 1. The maximum absolute atomic E-state index is 12.1. The Hall–Kier alpha value is -3.22. The summed E-state index contributed by atoms with van der Waals surface area (Å²) in [7, 11) is 0. The van der Waals surface area contributed by atoms with Crippen molar-refractivity contribution in [3.8, 4) is 0 Å². The van der Waals surface area contributed by atoms with E-state index in [1.807, 2.05) is 50.2 Å². The average molecular weight is 323 g/mol. The molecule has 2 heterocycles. The van der Waals surface area contributed by atoms with Crippen LogP contribution in [-0.2, 0) is 11.3 Å². The van der Waals surface area contributed by atoms with Crippen molar-refractivity contribution in [2.24, 2.45) is 0 Å². The number of nitrogens with zero attached hydrogens (tertiary/aromatic N) is 3. The number of amides is 2. The average Bonchev–Trinajstić information content (AvgIpc) is 2.89. The first-order chi connectivity index (χ1) is 11.5. The molecule has 7 nitrogen and oxygen atoms in total. The van der Waals surface area contributed by atoms with Gasteiger partial charge < -0.3 is 0 Å². The molecule has 0 aliphatic heterocycles. The lowest BCUT2D eigenvalue weighted by Gasteiger charge is -2.08. The number of benzene rings is 1. The number of para-hydroxylation sites is 1. The van der Waals surface area contributed by atoms with Gasteiger partial charge in [0, 0.05) is 11.1 Å². The SMILES string of the molecule is Cc1cc(C)n(CC(=O)NNC(=O)c2ccc3ccccc3n2)n1. The number of carbonyl (C=O) groups is 2. The molecule has 3 aromatic rings. The fraction of sp³-hybridized carbons (Fsp3) is 0.176. The summed E-state index contributed by atoms with van der Waals surface area (Å²) >= 11 is 0. The molecule has 0 spiro atoms. The van der Waals surface area contributed by atoms with Crippen molar-refractivity contribution in [2.75, 3.05) is 0 Å². The number of aryl methyl sites for hydroxylation is 2. The Morgan fingerprint density at radius 2 is 1.88 bits per heavy atom. The van der Waals surface area contributed by atoms with Crippen molar-refractivity contribution in [1.29, 1.82) is 0 Å². The van der Waals surface area contributed by atoms with Crippen molar-refractivity contribution in [3.05, 3.63) is 59.5 Å². The summed E-state index contributed by atoms with van der Waals surface area (Å²) in [5, 5.41) is 5.15. The second-order valence-electron chi connectivity index (χ2n) is 5.48. The van der Waals surface area contributed by atoms with E-state index in [1.165, 1.54) is 0 Å². The van der Waals surface area contributed by atoms with Crippen LogP contribution in [-0.4, -0.2) is 26.6 Å². The molecular weight excluding hydrogens is 306 g/mol. The van der Waals surface area contributed by atoms with Crippen molar-refractivity contribution < 1.29 is 9.59 Å². The molecule has 0 aliphatic carbocycles. The van der Waals surface area contributed by atoms with Gasteiger partial charge in [0.2, 0.25) is 0 Å². The Morgan fingerprint density at radius 1 is 1.08 bits per heavy atom. The number of carbonyl (C=O) groups excluding carboxylic acids is 2. The van der Waals surface area contributed by atoms with Gasteiger partial charge in [0.25, 0.3) is 11.8 Å². The number of hydrogen-bond donors (Lipinski definition) is 2. The topological polar surface area (TPSA) is 88.9 Å². The van der Waals surface area contributed by atoms with Gasteiger partial charge in [-0.1, -0.05) is 24.3 Å². The van der Waals surface area contributed by atoms with Gasteiger partial charge in [-0.25, -0.2) is 4.98 Å². The van der Waals surface area contributed by atoms with Crippen LogP contribution < -0.4 is 10.9 Å². The lowest BCUT2D eigenvalue weighted by Crippen LogP contribution is -2.43. The highest BCUT2D eigenvalue weighted by Gasteiger charge is 2.11. The van der Waals surface area contributed by atoms with E-state index < -0.39 is 5.91 Å². The smallest absolute Gasteiger partial charge is 0.271 e. The van der Waals surface area contributed by atoms with Gasteiger partial charge in [0.05, 0.1) is 11.2 Å². The fourth-order valence-electron chi connectivity index (χ4n) is 2.39. The maximum atomic E-state index is 12.1. The quantitative estimate of drug-likeness (QED) is 0.715. The van der Waals surface area contributed by atoms with E-state index in [0.29, 0.717) is 0 Å². The molecule has 2 aromatic heterocycles. The normalized spacial score (nSPS) is 10.6. The van der Waals surface area contributed by atoms with E-state index in [2.05, 4.69) is 20.9 Å². The Bertz CT molecular complexity index is 916. The molecule has 0 unspecified atom stereocenters. The van der Waals surface area contributed by atoms with Gasteiger partial charge >= 0.3 is 0 Å². The fourth-order valence-corrected chi connectivity index (χ4v) is 2.39. The molecular formula is C17H17N5O2. The number of hydrogen-bond acceptors (Lipinski definition) is 4. The van der Waals surface area contributed by atoms with E-state index in [0.717, 1.165) is 22.3 Å². The Balaban J connectivity index is 1.61. The lowest BCUT2D eigenvalue weighted by atomic mass is 10.2. The molecule has 0 saturated carbocycles. The zero-order valence-corrected chi connectivity index (χ0v) is 13.4. The minimum Gasteiger partial charge on any atom is -0.271 e. The van der Waals surface area contributed by atoms with Crippen LogP contribution in [0.4, 0.5) is 0 Å². The summed E-state index contributed by atoms with van der Waals surface area (Å²) in [6, 6.07) is 12.8. The summed E-state index contributed by atoms with van der Waals surface area (Å²) in [4.78, 5) is 28.3. The predicted molar refractivity (Wildman–Crippen MR) is 89.1 cm³/mol. The standard InChI is InChI=1S/C17H17N5O2/c1-11-9-12(2)22(21-11)10-16(23)19-20-17(24)15-8-7-13-5-3-4-6-14(13)18-15/h3-9H,10H2,1-2H3,(H,19,23)(H,20,24). The molecule has 24 heavy (non-hydrogen) atoms. The number of rotatable bonds is 3. The van der Waals surface area contributed by atoms with Crippen LogP contribution in [0.2, 0.25) is 0 Å². The number of hydrazine groups is 1. The van der Waals surface area contributed by atoms with Gasteiger partial charge in [-0.15, -0.1) is 0 Å². The van der Waals surface area contributed by atoms with Crippen LogP contribution in [0.5, 0.6) is 0 Å². The zero-order valence-electron chi connectivity index (χ0n) is 13.4. The summed E-state index contributed by atoms with van der Waals surface area (Å²) in [6.07, 6.45) is 0. The molecule has 2 N–H and O–H groups in total. The molecule has 3 rings (SSSR count). The van der Waals surface area contributed by atoms with E-state index in [9.17, 15) is 9.59 Å². The highest BCUT2D eigenvalue weighted by atomic mass is 16.2. The molecule has 1 aromatic carbocycles. The summed E-state index contributed by atoms with van der Waals surface area (Å²) in [5.41, 5.74) is 7.42. The molecule has 0 radical (unpaired) electrons. The second-order valence-corrected chi connectivity index (χ2v) is 5.48. The highest BCUT2D eigenvalue weighted by Crippen LogP contribution is 2.11. The molecule has 122 valence electrons. The van der Waals surface area contributed by atoms with Gasteiger partial charge in [0.15, 0.2) is 0 Å². The molecule has 0 fully saturated rings. The molecule has 0 aliphatic rings. The lowest BCUT2D eigenvalue weighted by molar-refractivity contribution is -0.122. The Morgan fingerprint density at radius 3 is 2.62 bits per heavy atom. The third kappa shape index (κ3) is 3.40. The van der Waals surface area contributed by atoms with Gasteiger partial charge in [0.1, 0.15) is 12.2 Å². The van der Waals surface area contributed by atoms with Crippen LogP contribution in [0.15, 0.2) is 42.5 Å². The van der Waals surface area contributed by atoms with Crippen LogP contribution >= 0.6 is 0 Å². The van der Waals surface area contributed by atoms with Gasteiger partial charge in [-0.3, -0.25) is 25.1 Å². The molecule has 0 bridgehead atoms. The first-order valence-electron chi connectivity index (χ1n) is 7.49. The van der Waals surface area contributed by atoms with Crippen molar-refractivity contribution >= 4 is 22.7 Å². The van der Waals surface area contributed by atoms with Crippen molar-refractivity contribution in [3.63, 3.8) is 0 Å². The third-order valence-corrected chi connectivity index (χ3v) is 3.54. The second kappa shape index (κ2) is 6.49. The van der Waals surface area contributed by atoms with Gasteiger partial charge in [-0.2, -0.15) is 5.10 Å². The summed E-state index contributed by atoms with van der Waals surface area (Å²) in [5.74, 6) is -0.835. The summed E-state index contributed by atoms with van der Waals surface area (Å²) in [6.45, 7) is 3.75. The molecule has 0 atom stereocenters. The van der Waals surface area contributed by atoms with E-state index in [1.54, 1.807) is 10.7 Å². The van der Waals surface area contributed by atoms with Crippen molar-refractivity contribution in [2.45, 2.75) is 20.4 Å². The third-order valence-electron chi connectivity index (χ3n) is 3.54. The first-order valence-corrected chi connectivity index (χ1v) is 7.49. The van der Waals surface area contributed by atoms with Crippen LogP contribution in [0.1, 0.15) is 21.9 Å². The highest BCUT2D eigenvalue weighted by molar-refractivity contribution is 5.95. The van der Waals surface area contributed by atoms with Crippen LogP contribution in [0.3, 0.4) is 0 Å². The minimum absolute atomic E-state index is 0.0328. The number of nitrogens with one attached hydrogen (secondary N) is 2. The van der Waals surface area contributed by atoms with Crippen molar-refractivity contribution in [1.82, 2.24) is 25.6 Å². The first kappa shape index (κ1) is 15.7. The molecule has 2 amide bonds. The Kier molecular flexibility index (Phi) is 4.24. The summed E-state index contributed by atoms with van der Waals surface area (Å²) < 4.78 is 1.57. The predicted octanol–water partition coefficient (Wildman–Crippen LogP) is 1.51. The minimum atomic E-state index is -0.470. The number of aromatic nitrogens is 3. The van der Waals surface area contributed by atoms with E-state index in [4.69, 9.17) is 0 Å². The number of pyridine rings is 1. The van der Waals surface area contributed by atoms with E-state index >= 15 is 0 Å².